The quantitative estimate of drug-likeness (QED) is 0.709. The molecule has 1 N–H and O–H groups in total. The summed E-state index contributed by atoms with van der Waals surface area (Å²) in [4.78, 5) is 4.58. The lowest BCUT2D eigenvalue weighted by Crippen LogP contribution is -2.24. The zero-order valence-electron chi connectivity index (χ0n) is 9.33. The van der Waals surface area contributed by atoms with Crippen LogP contribution in [0, 0.1) is 0 Å². The first-order valence-corrected chi connectivity index (χ1v) is 5.61. The van der Waals surface area contributed by atoms with Crippen LogP contribution in [0.3, 0.4) is 0 Å². The molecular formula is C12H17N3. The van der Waals surface area contributed by atoms with Crippen molar-refractivity contribution in [1.29, 1.82) is 0 Å². The fourth-order valence-corrected chi connectivity index (χ4v) is 1.90. The summed E-state index contributed by atoms with van der Waals surface area (Å²) in [6.45, 7) is 6.00. The van der Waals surface area contributed by atoms with E-state index in [4.69, 9.17) is 0 Å². The molecule has 3 rings (SSSR count). The first-order chi connectivity index (χ1) is 7.45. The highest BCUT2D eigenvalue weighted by Crippen LogP contribution is 2.15. The number of rotatable bonds is 0. The minimum atomic E-state index is 0.945. The molecule has 0 aliphatic carbocycles. The molecule has 0 saturated carbocycles. The van der Waals surface area contributed by atoms with Gasteiger partial charge >= 0.3 is 0 Å². The van der Waals surface area contributed by atoms with E-state index in [9.17, 15) is 0 Å². The maximum absolute atomic E-state index is 4.58. The zero-order chi connectivity index (χ0) is 10.7. The molecule has 15 heavy (non-hydrogen) atoms. The average molecular weight is 203 g/mol. The summed E-state index contributed by atoms with van der Waals surface area (Å²) < 4.78 is 2.17. The Bertz CT molecular complexity index is 445. The van der Waals surface area contributed by atoms with E-state index in [1.807, 2.05) is 26.0 Å². The van der Waals surface area contributed by atoms with Gasteiger partial charge in [-0.15, -0.1) is 0 Å². The van der Waals surface area contributed by atoms with Crippen molar-refractivity contribution in [3.8, 4) is 0 Å². The van der Waals surface area contributed by atoms with Gasteiger partial charge in [0.25, 0.3) is 0 Å². The van der Waals surface area contributed by atoms with E-state index in [1.54, 1.807) is 0 Å². The maximum Gasteiger partial charge on any atom is 0.137 e. The summed E-state index contributed by atoms with van der Waals surface area (Å²) in [5.74, 6) is 0. The Balaban J connectivity index is 0.000000404. The van der Waals surface area contributed by atoms with Gasteiger partial charge in [-0.1, -0.05) is 19.9 Å². The highest BCUT2D eigenvalue weighted by molar-refractivity contribution is 5.43. The first-order valence-electron chi connectivity index (χ1n) is 5.61. The topological polar surface area (TPSA) is 29.3 Å². The standard InChI is InChI=1S/C10H11N3.C2H6/c1-2-6-13-9-7-11-5-4-8(9)12-10(13)3-1;1-2/h1-3,6,11H,4-5,7H2;1-2H3. The predicted molar refractivity (Wildman–Crippen MR) is 62.0 cm³/mol. The monoisotopic (exact) mass is 203 g/mol. The van der Waals surface area contributed by atoms with Crippen LogP contribution in [0.4, 0.5) is 0 Å². The summed E-state index contributed by atoms with van der Waals surface area (Å²) in [6, 6.07) is 6.13. The molecule has 0 spiro atoms. The summed E-state index contributed by atoms with van der Waals surface area (Å²) in [7, 11) is 0. The minimum Gasteiger partial charge on any atom is -0.311 e. The van der Waals surface area contributed by atoms with Gasteiger partial charge in [-0.2, -0.15) is 0 Å². The molecule has 1 aliphatic heterocycles. The van der Waals surface area contributed by atoms with Crippen molar-refractivity contribution < 1.29 is 0 Å². The average Bonchev–Trinajstić information content (AvgIpc) is 2.70. The number of fused-ring (bicyclic) bond motifs is 3. The molecule has 0 aromatic carbocycles. The number of aromatic nitrogens is 2. The van der Waals surface area contributed by atoms with Gasteiger partial charge in [0.2, 0.25) is 0 Å². The third kappa shape index (κ3) is 1.75. The normalized spacial score (nSPS) is 14.3. The molecule has 0 saturated heterocycles. The smallest absolute Gasteiger partial charge is 0.137 e. The van der Waals surface area contributed by atoms with E-state index in [1.165, 1.54) is 11.4 Å². The largest absolute Gasteiger partial charge is 0.311 e. The molecule has 0 unspecified atom stereocenters. The lowest BCUT2D eigenvalue weighted by atomic mass is 10.2. The zero-order valence-corrected chi connectivity index (χ0v) is 9.33. The third-order valence-electron chi connectivity index (χ3n) is 2.54. The van der Waals surface area contributed by atoms with Crippen LogP contribution in [0.25, 0.3) is 5.65 Å². The van der Waals surface area contributed by atoms with Crippen molar-refractivity contribution in [3.05, 3.63) is 35.8 Å². The van der Waals surface area contributed by atoms with Gasteiger partial charge in [0.1, 0.15) is 5.65 Å². The Morgan fingerprint density at radius 2 is 2.20 bits per heavy atom. The molecule has 0 fully saturated rings. The van der Waals surface area contributed by atoms with Crippen molar-refractivity contribution in [2.45, 2.75) is 26.8 Å². The lowest BCUT2D eigenvalue weighted by molar-refractivity contribution is 0.621. The van der Waals surface area contributed by atoms with E-state index >= 15 is 0 Å². The summed E-state index contributed by atoms with van der Waals surface area (Å²) in [5, 5.41) is 3.36. The number of nitrogens with one attached hydrogen (secondary N) is 1. The SMILES string of the molecule is CC.c1ccn2c3c(nc2c1)CCNC3. The second-order valence-electron chi connectivity index (χ2n) is 3.36. The van der Waals surface area contributed by atoms with Gasteiger partial charge < -0.3 is 9.72 Å². The second kappa shape index (κ2) is 4.45. The summed E-state index contributed by atoms with van der Waals surface area (Å²) in [6.07, 6.45) is 3.13. The van der Waals surface area contributed by atoms with Crippen LogP contribution in [0.5, 0.6) is 0 Å². The molecule has 2 aromatic rings. The molecule has 80 valence electrons. The number of hydrogen-bond donors (Lipinski definition) is 1. The Hall–Kier alpha value is -1.35. The van der Waals surface area contributed by atoms with Gasteiger partial charge in [-0.3, -0.25) is 0 Å². The first kappa shape index (κ1) is 10.2. The number of nitrogens with zero attached hydrogens (tertiary/aromatic N) is 2. The predicted octanol–water partition coefficient (Wildman–Crippen LogP) is 2.01. The van der Waals surface area contributed by atoms with Crippen molar-refractivity contribution >= 4 is 5.65 Å². The van der Waals surface area contributed by atoms with E-state index in [0.29, 0.717) is 0 Å². The molecular weight excluding hydrogens is 186 g/mol. The van der Waals surface area contributed by atoms with Crippen LogP contribution in [0.15, 0.2) is 24.4 Å². The second-order valence-corrected chi connectivity index (χ2v) is 3.36. The van der Waals surface area contributed by atoms with E-state index in [0.717, 1.165) is 25.2 Å². The van der Waals surface area contributed by atoms with Crippen LogP contribution < -0.4 is 5.32 Å². The molecule has 3 heterocycles. The fourth-order valence-electron chi connectivity index (χ4n) is 1.90. The Kier molecular flexibility index (Phi) is 3.02. The van der Waals surface area contributed by atoms with Crippen molar-refractivity contribution in [1.82, 2.24) is 14.7 Å². The van der Waals surface area contributed by atoms with Crippen LogP contribution >= 0.6 is 0 Å². The number of hydrogen-bond acceptors (Lipinski definition) is 2. The van der Waals surface area contributed by atoms with Gasteiger partial charge in [-0.05, 0) is 12.1 Å². The van der Waals surface area contributed by atoms with Crippen LogP contribution in [-0.4, -0.2) is 15.9 Å². The van der Waals surface area contributed by atoms with E-state index in [-0.39, 0.29) is 0 Å². The van der Waals surface area contributed by atoms with Crippen LogP contribution in [-0.2, 0) is 13.0 Å². The Morgan fingerprint density at radius 1 is 1.33 bits per heavy atom. The van der Waals surface area contributed by atoms with Gasteiger partial charge in [0.05, 0.1) is 11.4 Å². The Labute approximate surface area is 90.1 Å². The Morgan fingerprint density at radius 3 is 3.07 bits per heavy atom. The molecule has 0 atom stereocenters. The summed E-state index contributed by atoms with van der Waals surface area (Å²) >= 11 is 0. The van der Waals surface area contributed by atoms with Crippen molar-refractivity contribution in [2.24, 2.45) is 0 Å². The van der Waals surface area contributed by atoms with Gasteiger partial charge in [-0.25, -0.2) is 4.98 Å². The molecule has 0 bridgehead atoms. The molecule has 1 aliphatic rings. The van der Waals surface area contributed by atoms with Gasteiger partial charge in [0, 0.05) is 25.7 Å². The number of pyridine rings is 1. The third-order valence-corrected chi connectivity index (χ3v) is 2.54. The van der Waals surface area contributed by atoms with Crippen LogP contribution in [0.1, 0.15) is 25.2 Å². The van der Waals surface area contributed by atoms with E-state index in [2.05, 4.69) is 27.0 Å². The molecule has 2 aromatic heterocycles. The highest BCUT2D eigenvalue weighted by atomic mass is 15.1. The van der Waals surface area contributed by atoms with Crippen molar-refractivity contribution in [3.63, 3.8) is 0 Å². The summed E-state index contributed by atoms with van der Waals surface area (Å²) in [5.41, 5.74) is 3.64. The lowest BCUT2D eigenvalue weighted by Gasteiger charge is -2.11. The van der Waals surface area contributed by atoms with Gasteiger partial charge in [0.15, 0.2) is 0 Å². The molecule has 0 radical (unpaired) electrons. The molecule has 0 amide bonds. The minimum absolute atomic E-state index is 0.945. The van der Waals surface area contributed by atoms with Crippen LogP contribution in [0.2, 0.25) is 0 Å². The fraction of sp³-hybridized carbons (Fsp3) is 0.417. The highest BCUT2D eigenvalue weighted by Gasteiger charge is 2.14. The molecule has 3 heteroatoms. The van der Waals surface area contributed by atoms with E-state index < -0.39 is 0 Å². The number of imidazole rings is 1. The van der Waals surface area contributed by atoms with Crippen molar-refractivity contribution in [2.75, 3.05) is 6.54 Å². The maximum atomic E-state index is 4.58. The molecule has 3 nitrogen and oxygen atoms in total.